The number of aromatic nitrogens is 1. The summed E-state index contributed by atoms with van der Waals surface area (Å²) in [6, 6.07) is 1.68. The molecule has 0 atom stereocenters. The lowest BCUT2D eigenvalue weighted by Gasteiger charge is -2.09. The number of carboxylic acid groups (broad SMARTS) is 1. The van der Waals surface area contributed by atoms with Gasteiger partial charge in [-0.05, 0) is 17.5 Å². The molecule has 0 aliphatic carbocycles. The number of hydrogen-bond acceptors (Lipinski definition) is 2. The Kier molecular flexibility index (Phi) is 2.74. The normalized spacial score (nSPS) is 10.6. The van der Waals surface area contributed by atoms with Crippen LogP contribution in [-0.2, 0) is 7.05 Å². The van der Waals surface area contributed by atoms with Crippen molar-refractivity contribution in [3.63, 3.8) is 0 Å². The van der Waals surface area contributed by atoms with Crippen LogP contribution in [0, 0.1) is 0 Å². The van der Waals surface area contributed by atoms with E-state index in [9.17, 15) is 9.59 Å². The zero-order chi connectivity index (χ0) is 10.9. The van der Waals surface area contributed by atoms with Crippen molar-refractivity contribution in [2.75, 3.05) is 0 Å². The molecule has 0 saturated heterocycles. The van der Waals surface area contributed by atoms with E-state index in [1.165, 1.54) is 4.57 Å². The second-order valence-corrected chi connectivity index (χ2v) is 3.52. The molecule has 0 fully saturated rings. The van der Waals surface area contributed by atoms with Gasteiger partial charge in [0.05, 0.1) is 0 Å². The summed E-state index contributed by atoms with van der Waals surface area (Å²) in [4.78, 5) is 22.4. The highest BCUT2D eigenvalue weighted by atomic mass is 16.4. The van der Waals surface area contributed by atoms with Crippen molar-refractivity contribution < 1.29 is 9.90 Å². The predicted molar refractivity (Wildman–Crippen MR) is 52.7 cm³/mol. The zero-order valence-electron chi connectivity index (χ0n) is 8.44. The van der Waals surface area contributed by atoms with Crippen molar-refractivity contribution in [3.05, 3.63) is 33.7 Å². The molecule has 4 nitrogen and oxygen atoms in total. The zero-order valence-corrected chi connectivity index (χ0v) is 8.44. The highest BCUT2D eigenvalue weighted by Gasteiger charge is 2.17. The quantitative estimate of drug-likeness (QED) is 0.771. The van der Waals surface area contributed by atoms with Crippen LogP contribution in [0.25, 0.3) is 0 Å². The highest BCUT2D eigenvalue weighted by molar-refractivity contribution is 5.89. The number of aromatic carboxylic acids is 1. The number of nitrogens with zero attached hydrogens (tertiary/aromatic N) is 1. The van der Waals surface area contributed by atoms with Gasteiger partial charge in [-0.3, -0.25) is 4.79 Å². The molecule has 0 amide bonds. The van der Waals surface area contributed by atoms with E-state index in [1.54, 1.807) is 19.3 Å². The Hall–Kier alpha value is -1.58. The summed E-state index contributed by atoms with van der Waals surface area (Å²) >= 11 is 0. The smallest absolute Gasteiger partial charge is 0.341 e. The molecule has 1 heterocycles. The van der Waals surface area contributed by atoms with E-state index in [-0.39, 0.29) is 11.5 Å². The SMILES string of the molecule is CC(C)c1ccn(C)c(=O)c1C(=O)O. The monoisotopic (exact) mass is 195 g/mol. The van der Waals surface area contributed by atoms with E-state index in [0.29, 0.717) is 5.56 Å². The molecule has 1 N–H and O–H groups in total. The van der Waals surface area contributed by atoms with Gasteiger partial charge in [-0.1, -0.05) is 13.8 Å². The standard InChI is InChI=1S/C10H13NO3/c1-6(2)7-4-5-11(3)9(12)8(7)10(13)14/h4-6H,1-3H3,(H,13,14). The van der Waals surface area contributed by atoms with E-state index in [1.807, 2.05) is 13.8 Å². The lowest BCUT2D eigenvalue weighted by atomic mass is 9.99. The van der Waals surface area contributed by atoms with Gasteiger partial charge < -0.3 is 9.67 Å². The molecule has 0 saturated carbocycles. The van der Waals surface area contributed by atoms with Gasteiger partial charge in [0.25, 0.3) is 5.56 Å². The minimum absolute atomic E-state index is 0.0370. The third-order valence-electron chi connectivity index (χ3n) is 2.14. The maximum Gasteiger partial charge on any atom is 0.341 e. The average Bonchev–Trinajstić information content (AvgIpc) is 2.08. The summed E-state index contributed by atoms with van der Waals surface area (Å²) in [7, 11) is 1.54. The van der Waals surface area contributed by atoms with Crippen molar-refractivity contribution in [2.24, 2.45) is 7.05 Å². The number of rotatable bonds is 2. The number of hydrogen-bond donors (Lipinski definition) is 1. The fourth-order valence-corrected chi connectivity index (χ4v) is 1.34. The van der Waals surface area contributed by atoms with Gasteiger partial charge in [0, 0.05) is 13.2 Å². The minimum atomic E-state index is -1.16. The summed E-state index contributed by atoms with van der Waals surface area (Å²) in [5, 5.41) is 8.91. The van der Waals surface area contributed by atoms with Crippen molar-refractivity contribution in [3.8, 4) is 0 Å². The van der Waals surface area contributed by atoms with Crippen molar-refractivity contribution in [1.29, 1.82) is 0 Å². The van der Waals surface area contributed by atoms with Crippen molar-refractivity contribution in [2.45, 2.75) is 19.8 Å². The van der Waals surface area contributed by atoms with Crippen LogP contribution in [0.2, 0.25) is 0 Å². The Morgan fingerprint density at radius 2 is 2.07 bits per heavy atom. The van der Waals surface area contributed by atoms with Gasteiger partial charge in [0.2, 0.25) is 0 Å². The van der Waals surface area contributed by atoms with Crippen LogP contribution in [0.3, 0.4) is 0 Å². The van der Waals surface area contributed by atoms with Gasteiger partial charge in [-0.25, -0.2) is 4.79 Å². The molecular formula is C10H13NO3. The number of carboxylic acids is 1. The fraction of sp³-hybridized carbons (Fsp3) is 0.400. The third-order valence-corrected chi connectivity index (χ3v) is 2.14. The van der Waals surface area contributed by atoms with Gasteiger partial charge in [0.1, 0.15) is 5.56 Å². The Morgan fingerprint density at radius 3 is 2.50 bits per heavy atom. The molecule has 14 heavy (non-hydrogen) atoms. The van der Waals surface area contributed by atoms with Crippen LogP contribution in [0.15, 0.2) is 17.1 Å². The summed E-state index contributed by atoms with van der Waals surface area (Å²) < 4.78 is 1.27. The molecule has 0 radical (unpaired) electrons. The van der Waals surface area contributed by atoms with Gasteiger partial charge in [0.15, 0.2) is 0 Å². The predicted octanol–water partition coefficient (Wildman–Crippen LogP) is 1.21. The third kappa shape index (κ3) is 1.69. The second-order valence-electron chi connectivity index (χ2n) is 3.52. The van der Waals surface area contributed by atoms with E-state index in [4.69, 9.17) is 5.11 Å². The molecule has 0 bridgehead atoms. The van der Waals surface area contributed by atoms with Crippen LogP contribution >= 0.6 is 0 Å². The molecule has 4 heteroatoms. The Labute approximate surface area is 81.8 Å². The number of aryl methyl sites for hydroxylation is 1. The van der Waals surface area contributed by atoms with Crippen LogP contribution < -0.4 is 5.56 Å². The van der Waals surface area contributed by atoms with E-state index >= 15 is 0 Å². The average molecular weight is 195 g/mol. The first-order valence-corrected chi connectivity index (χ1v) is 4.38. The van der Waals surface area contributed by atoms with E-state index in [2.05, 4.69) is 0 Å². The molecule has 1 rings (SSSR count). The Morgan fingerprint density at radius 1 is 1.50 bits per heavy atom. The van der Waals surface area contributed by atoms with Crippen LogP contribution in [0.1, 0.15) is 35.7 Å². The minimum Gasteiger partial charge on any atom is -0.477 e. The highest BCUT2D eigenvalue weighted by Crippen LogP contribution is 2.15. The molecule has 0 spiro atoms. The Balaban J connectivity index is 3.54. The largest absolute Gasteiger partial charge is 0.477 e. The first-order valence-electron chi connectivity index (χ1n) is 4.38. The summed E-state index contributed by atoms with van der Waals surface area (Å²) in [5.74, 6) is -1.12. The molecule has 0 aliphatic rings. The Bertz CT molecular complexity index is 418. The lowest BCUT2D eigenvalue weighted by Crippen LogP contribution is -2.26. The van der Waals surface area contributed by atoms with Crippen LogP contribution in [0.4, 0.5) is 0 Å². The van der Waals surface area contributed by atoms with E-state index < -0.39 is 11.5 Å². The molecule has 0 aromatic carbocycles. The van der Waals surface area contributed by atoms with Crippen molar-refractivity contribution in [1.82, 2.24) is 4.57 Å². The summed E-state index contributed by atoms with van der Waals surface area (Å²) in [5.41, 5.74) is 0.00861. The van der Waals surface area contributed by atoms with Crippen LogP contribution in [0.5, 0.6) is 0 Å². The molecule has 1 aromatic heterocycles. The summed E-state index contributed by atoms with van der Waals surface area (Å²) in [6.07, 6.45) is 1.59. The van der Waals surface area contributed by atoms with Gasteiger partial charge in [-0.15, -0.1) is 0 Å². The van der Waals surface area contributed by atoms with Gasteiger partial charge in [-0.2, -0.15) is 0 Å². The van der Waals surface area contributed by atoms with Crippen LogP contribution in [-0.4, -0.2) is 15.6 Å². The maximum absolute atomic E-state index is 11.5. The lowest BCUT2D eigenvalue weighted by molar-refractivity contribution is 0.0692. The molecule has 1 aromatic rings. The maximum atomic E-state index is 11.5. The summed E-state index contributed by atoms with van der Waals surface area (Å²) in [6.45, 7) is 3.72. The molecular weight excluding hydrogens is 182 g/mol. The topological polar surface area (TPSA) is 59.3 Å². The molecule has 0 unspecified atom stereocenters. The van der Waals surface area contributed by atoms with Gasteiger partial charge >= 0.3 is 5.97 Å². The first-order chi connectivity index (χ1) is 6.45. The number of pyridine rings is 1. The second kappa shape index (κ2) is 3.65. The van der Waals surface area contributed by atoms with Crippen molar-refractivity contribution >= 4 is 5.97 Å². The number of carbonyl (C=O) groups is 1. The molecule has 0 aliphatic heterocycles. The first kappa shape index (κ1) is 10.5. The molecule has 76 valence electrons. The van der Waals surface area contributed by atoms with E-state index in [0.717, 1.165) is 0 Å². The fourth-order valence-electron chi connectivity index (χ4n) is 1.34.